The molecule has 5 heteroatoms. The van der Waals surface area contributed by atoms with Gasteiger partial charge in [0.25, 0.3) is 0 Å². The molecular weight excluding hydrogens is 180 g/mol. The zero-order valence-electron chi connectivity index (χ0n) is 7.29. The van der Waals surface area contributed by atoms with Crippen LogP contribution >= 0.6 is 0 Å². The molecule has 0 radical (unpaired) electrons. The van der Waals surface area contributed by atoms with Crippen LogP contribution in [0.5, 0.6) is 11.6 Å². The van der Waals surface area contributed by atoms with Crippen LogP contribution in [0.15, 0.2) is 36.9 Å². The van der Waals surface area contributed by atoms with Crippen LogP contribution in [0.3, 0.4) is 0 Å². The van der Waals surface area contributed by atoms with Crippen molar-refractivity contribution in [1.82, 2.24) is 15.0 Å². The number of rotatable bonds is 2. The molecule has 0 amide bonds. The van der Waals surface area contributed by atoms with Crippen LogP contribution in [0.4, 0.5) is 5.82 Å². The fraction of sp³-hybridized carbons (Fsp3) is 0. The summed E-state index contributed by atoms with van der Waals surface area (Å²) in [7, 11) is 0. The maximum absolute atomic E-state index is 5.38. The third-order valence-electron chi connectivity index (χ3n) is 1.50. The number of nitrogen functional groups attached to an aromatic ring is 1. The van der Waals surface area contributed by atoms with Crippen LogP contribution in [0.2, 0.25) is 0 Å². The molecule has 2 aromatic heterocycles. The van der Waals surface area contributed by atoms with Crippen LogP contribution in [0, 0.1) is 0 Å². The first-order valence-electron chi connectivity index (χ1n) is 4.00. The van der Waals surface area contributed by atoms with Gasteiger partial charge in [0.05, 0.1) is 18.6 Å². The van der Waals surface area contributed by atoms with Crippen LogP contribution in [-0.4, -0.2) is 15.0 Å². The van der Waals surface area contributed by atoms with E-state index in [1.165, 1.54) is 12.4 Å². The van der Waals surface area contributed by atoms with Crippen LogP contribution in [0.1, 0.15) is 0 Å². The minimum absolute atomic E-state index is 0.364. The van der Waals surface area contributed by atoms with Gasteiger partial charge < -0.3 is 10.5 Å². The van der Waals surface area contributed by atoms with E-state index in [2.05, 4.69) is 15.0 Å². The number of aromatic nitrogens is 3. The van der Waals surface area contributed by atoms with Gasteiger partial charge in [0.15, 0.2) is 0 Å². The average molecular weight is 188 g/mol. The van der Waals surface area contributed by atoms with Crippen molar-refractivity contribution in [3.05, 3.63) is 36.9 Å². The third-order valence-corrected chi connectivity index (χ3v) is 1.50. The molecule has 0 atom stereocenters. The van der Waals surface area contributed by atoms with Gasteiger partial charge in [0.1, 0.15) is 11.6 Å². The molecule has 0 aliphatic heterocycles. The highest BCUT2D eigenvalue weighted by Gasteiger charge is 1.97. The Balaban J connectivity index is 2.16. The highest BCUT2D eigenvalue weighted by molar-refractivity contribution is 5.27. The van der Waals surface area contributed by atoms with Gasteiger partial charge in [0, 0.05) is 6.20 Å². The fourth-order valence-corrected chi connectivity index (χ4v) is 0.907. The lowest BCUT2D eigenvalue weighted by molar-refractivity contribution is 0.458. The number of ether oxygens (including phenoxy) is 1. The Morgan fingerprint density at radius 2 is 2.07 bits per heavy atom. The van der Waals surface area contributed by atoms with Gasteiger partial charge in [-0.1, -0.05) is 0 Å². The van der Waals surface area contributed by atoms with E-state index in [1.807, 2.05) is 0 Å². The second-order valence-electron chi connectivity index (χ2n) is 2.57. The van der Waals surface area contributed by atoms with Crippen molar-refractivity contribution in [2.24, 2.45) is 0 Å². The molecule has 0 bridgehead atoms. The average Bonchev–Trinajstić information content (AvgIpc) is 2.23. The molecule has 0 spiro atoms. The second kappa shape index (κ2) is 3.69. The zero-order valence-corrected chi connectivity index (χ0v) is 7.29. The lowest BCUT2D eigenvalue weighted by atomic mass is 10.5. The van der Waals surface area contributed by atoms with Crippen LogP contribution in [-0.2, 0) is 0 Å². The number of hydrogen-bond acceptors (Lipinski definition) is 5. The van der Waals surface area contributed by atoms with Gasteiger partial charge in [-0.05, 0) is 12.1 Å². The molecule has 0 aromatic carbocycles. The minimum Gasteiger partial charge on any atom is -0.436 e. The van der Waals surface area contributed by atoms with E-state index in [1.54, 1.807) is 24.5 Å². The molecule has 2 N–H and O–H groups in total. The summed E-state index contributed by atoms with van der Waals surface area (Å²) in [6, 6.07) is 3.56. The first kappa shape index (κ1) is 8.43. The van der Waals surface area contributed by atoms with Crippen molar-refractivity contribution in [3.8, 4) is 11.6 Å². The number of pyridine rings is 1. The molecular formula is C9H8N4O. The summed E-state index contributed by atoms with van der Waals surface area (Å²) in [5.41, 5.74) is 5.38. The van der Waals surface area contributed by atoms with Gasteiger partial charge in [-0.25, -0.2) is 9.97 Å². The topological polar surface area (TPSA) is 73.9 Å². The van der Waals surface area contributed by atoms with Gasteiger partial charge >= 0.3 is 0 Å². The summed E-state index contributed by atoms with van der Waals surface area (Å²) >= 11 is 0. The molecule has 0 aliphatic rings. The summed E-state index contributed by atoms with van der Waals surface area (Å²) in [6.45, 7) is 0. The van der Waals surface area contributed by atoms with Crippen LogP contribution < -0.4 is 10.5 Å². The normalized spacial score (nSPS) is 9.71. The Morgan fingerprint density at radius 3 is 2.71 bits per heavy atom. The minimum atomic E-state index is 0.364. The Kier molecular flexibility index (Phi) is 2.22. The standard InChI is InChI=1S/C9H8N4O/c10-8-5-13-9(6-12-8)14-7-2-1-3-11-4-7/h1-6H,(H2,10,12). The molecule has 0 aliphatic carbocycles. The molecule has 2 aromatic rings. The number of anilines is 1. The van der Waals surface area contributed by atoms with Crippen molar-refractivity contribution in [1.29, 1.82) is 0 Å². The Morgan fingerprint density at radius 1 is 1.14 bits per heavy atom. The van der Waals surface area contributed by atoms with Crippen molar-refractivity contribution in [2.45, 2.75) is 0 Å². The summed E-state index contributed by atoms with van der Waals surface area (Å²) in [5, 5.41) is 0. The first-order chi connectivity index (χ1) is 6.84. The molecule has 70 valence electrons. The Hall–Kier alpha value is -2.17. The molecule has 2 rings (SSSR count). The molecule has 2 heterocycles. The monoisotopic (exact) mass is 188 g/mol. The number of nitrogens with zero attached hydrogens (tertiary/aromatic N) is 3. The second-order valence-corrected chi connectivity index (χ2v) is 2.57. The maximum Gasteiger partial charge on any atom is 0.238 e. The summed E-state index contributed by atoms with van der Waals surface area (Å²) < 4.78 is 5.34. The molecule has 0 fully saturated rings. The maximum atomic E-state index is 5.38. The summed E-state index contributed by atoms with van der Waals surface area (Å²) in [5.74, 6) is 1.38. The van der Waals surface area contributed by atoms with E-state index in [-0.39, 0.29) is 0 Å². The van der Waals surface area contributed by atoms with Gasteiger partial charge in [-0.3, -0.25) is 4.98 Å². The number of hydrogen-bond donors (Lipinski definition) is 1. The molecule has 14 heavy (non-hydrogen) atoms. The van der Waals surface area contributed by atoms with Gasteiger partial charge in [-0.15, -0.1) is 0 Å². The van der Waals surface area contributed by atoms with E-state index in [0.29, 0.717) is 17.4 Å². The molecule has 0 saturated carbocycles. The van der Waals surface area contributed by atoms with Gasteiger partial charge in [0.2, 0.25) is 5.88 Å². The smallest absolute Gasteiger partial charge is 0.238 e. The Labute approximate surface area is 80.6 Å². The van der Waals surface area contributed by atoms with Crippen LogP contribution in [0.25, 0.3) is 0 Å². The third kappa shape index (κ3) is 1.95. The number of nitrogens with two attached hydrogens (primary N) is 1. The van der Waals surface area contributed by atoms with Crippen molar-refractivity contribution < 1.29 is 4.74 Å². The highest BCUT2D eigenvalue weighted by atomic mass is 16.5. The van der Waals surface area contributed by atoms with Crippen molar-refractivity contribution in [3.63, 3.8) is 0 Å². The SMILES string of the molecule is Nc1cnc(Oc2cccnc2)cn1. The fourth-order valence-electron chi connectivity index (χ4n) is 0.907. The summed E-state index contributed by atoms with van der Waals surface area (Å²) in [6.07, 6.45) is 6.16. The van der Waals surface area contributed by atoms with E-state index in [0.717, 1.165) is 0 Å². The lowest BCUT2D eigenvalue weighted by Crippen LogP contribution is -1.93. The predicted molar refractivity (Wildman–Crippen MR) is 50.8 cm³/mol. The molecule has 0 unspecified atom stereocenters. The lowest BCUT2D eigenvalue weighted by Gasteiger charge is -2.02. The summed E-state index contributed by atoms with van der Waals surface area (Å²) in [4.78, 5) is 11.7. The largest absolute Gasteiger partial charge is 0.436 e. The molecule has 5 nitrogen and oxygen atoms in total. The molecule has 0 saturated heterocycles. The van der Waals surface area contributed by atoms with Crippen molar-refractivity contribution in [2.75, 3.05) is 5.73 Å². The highest BCUT2D eigenvalue weighted by Crippen LogP contribution is 2.16. The van der Waals surface area contributed by atoms with E-state index in [4.69, 9.17) is 10.5 Å². The zero-order chi connectivity index (χ0) is 9.80. The van der Waals surface area contributed by atoms with E-state index >= 15 is 0 Å². The quantitative estimate of drug-likeness (QED) is 0.767. The predicted octanol–water partition coefficient (Wildman–Crippen LogP) is 1.25. The van der Waals surface area contributed by atoms with Gasteiger partial charge in [-0.2, -0.15) is 0 Å². The Bertz CT molecular complexity index is 401. The van der Waals surface area contributed by atoms with E-state index < -0.39 is 0 Å². The van der Waals surface area contributed by atoms with E-state index in [9.17, 15) is 0 Å². The first-order valence-corrected chi connectivity index (χ1v) is 4.00. The van der Waals surface area contributed by atoms with Crippen molar-refractivity contribution >= 4 is 5.82 Å².